The summed E-state index contributed by atoms with van der Waals surface area (Å²) in [6, 6.07) is -0.521. The van der Waals surface area contributed by atoms with E-state index in [1.54, 1.807) is 0 Å². The van der Waals surface area contributed by atoms with Crippen LogP contribution in [0.4, 0.5) is 4.79 Å². The van der Waals surface area contributed by atoms with Crippen molar-refractivity contribution in [1.82, 2.24) is 10.2 Å². The quantitative estimate of drug-likeness (QED) is 0.791. The average Bonchev–Trinajstić information content (AvgIpc) is 3.07. The van der Waals surface area contributed by atoms with E-state index in [1.807, 2.05) is 0 Å². The van der Waals surface area contributed by atoms with Crippen LogP contribution in [-0.2, 0) is 9.59 Å². The molecule has 0 aromatic rings. The van der Waals surface area contributed by atoms with Gasteiger partial charge in [-0.2, -0.15) is 0 Å². The Morgan fingerprint density at radius 1 is 1.11 bits per heavy atom. The van der Waals surface area contributed by atoms with Crippen LogP contribution >= 0.6 is 0 Å². The molecule has 1 spiro atoms. The van der Waals surface area contributed by atoms with Gasteiger partial charge in [-0.1, -0.05) is 19.8 Å². The highest BCUT2D eigenvalue weighted by atomic mass is 16.2. The Bertz CT molecular complexity index is 448. The molecular weight excluding hydrogens is 244 g/mol. The largest absolute Gasteiger partial charge is 0.330 e. The minimum Gasteiger partial charge on any atom is -0.277 e. The van der Waals surface area contributed by atoms with Crippen molar-refractivity contribution < 1.29 is 14.4 Å². The summed E-state index contributed by atoms with van der Waals surface area (Å²) in [5, 5.41) is 2.36. The number of amides is 4. The number of nitrogens with zero attached hydrogens (tertiary/aromatic N) is 1. The standard InChI is InChI=1S/C14H20N2O3/c1-2-13(5-3-4-6-13)9-16-11(18)14(7-8-14)10(17)15-12(16)19/h2-9H2,1H3,(H,15,17,19). The lowest BCUT2D eigenvalue weighted by atomic mass is 9.82. The first-order valence-corrected chi connectivity index (χ1v) is 7.20. The summed E-state index contributed by atoms with van der Waals surface area (Å²) in [7, 11) is 0. The predicted octanol–water partition coefficient (Wildman–Crippen LogP) is 1.82. The molecule has 1 saturated heterocycles. The highest BCUT2D eigenvalue weighted by Gasteiger charge is 2.62. The molecule has 104 valence electrons. The van der Waals surface area contributed by atoms with Crippen LogP contribution < -0.4 is 5.32 Å². The van der Waals surface area contributed by atoms with Gasteiger partial charge in [-0.25, -0.2) is 4.79 Å². The fourth-order valence-corrected chi connectivity index (χ4v) is 3.53. The van der Waals surface area contributed by atoms with Crippen molar-refractivity contribution in [2.45, 2.75) is 51.9 Å². The van der Waals surface area contributed by atoms with E-state index in [0.29, 0.717) is 19.4 Å². The van der Waals surface area contributed by atoms with E-state index >= 15 is 0 Å². The topological polar surface area (TPSA) is 66.5 Å². The van der Waals surface area contributed by atoms with Crippen molar-refractivity contribution in [3.8, 4) is 0 Å². The molecule has 2 aliphatic carbocycles. The van der Waals surface area contributed by atoms with Gasteiger partial charge < -0.3 is 0 Å². The van der Waals surface area contributed by atoms with Crippen LogP contribution in [0, 0.1) is 10.8 Å². The third kappa shape index (κ3) is 1.78. The molecule has 2 saturated carbocycles. The zero-order valence-electron chi connectivity index (χ0n) is 11.3. The molecule has 0 radical (unpaired) electrons. The number of rotatable bonds is 3. The van der Waals surface area contributed by atoms with Gasteiger partial charge >= 0.3 is 6.03 Å². The number of carbonyl (C=O) groups is 3. The highest BCUT2D eigenvalue weighted by molar-refractivity contribution is 6.20. The number of hydrogen-bond donors (Lipinski definition) is 1. The molecule has 1 heterocycles. The lowest BCUT2D eigenvalue weighted by Crippen LogP contribution is -2.60. The number of imide groups is 2. The third-order valence-corrected chi connectivity index (χ3v) is 5.21. The van der Waals surface area contributed by atoms with E-state index < -0.39 is 17.4 Å². The number of hydrogen-bond acceptors (Lipinski definition) is 3. The van der Waals surface area contributed by atoms with Gasteiger partial charge in [0.2, 0.25) is 11.8 Å². The van der Waals surface area contributed by atoms with E-state index in [0.717, 1.165) is 19.3 Å². The van der Waals surface area contributed by atoms with Crippen molar-refractivity contribution in [3.05, 3.63) is 0 Å². The summed E-state index contributed by atoms with van der Waals surface area (Å²) in [5.41, 5.74) is -0.828. The second-order valence-electron chi connectivity index (χ2n) is 6.29. The maximum Gasteiger partial charge on any atom is 0.330 e. The average molecular weight is 264 g/mol. The maximum atomic E-state index is 12.4. The third-order valence-electron chi connectivity index (χ3n) is 5.21. The van der Waals surface area contributed by atoms with Gasteiger partial charge in [-0.05, 0) is 37.5 Å². The summed E-state index contributed by atoms with van der Waals surface area (Å²) in [4.78, 5) is 37.4. The second kappa shape index (κ2) is 4.05. The van der Waals surface area contributed by atoms with Crippen LogP contribution in [0.3, 0.4) is 0 Å². The van der Waals surface area contributed by atoms with Crippen LogP contribution in [0.1, 0.15) is 51.9 Å². The van der Waals surface area contributed by atoms with E-state index in [-0.39, 0.29) is 11.3 Å². The second-order valence-corrected chi connectivity index (χ2v) is 6.29. The number of barbiturate groups is 1. The summed E-state index contributed by atoms with van der Waals surface area (Å²) >= 11 is 0. The monoisotopic (exact) mass is 264 g/mol. The van der Waals surface area contributed by atoms with Crippen molar-refractivity contribution in [2.24, 2.45) is 10.8 Å². The molecule has 5 heteroatoms. The zero-order chi connectivity index (χ0) is 13.7. The smallest absolute Gasteiger partial charge is 0.277 e. The normalized spacial score (nSPS) is 27.8. The minimum absolute atomic E-state index is 0.0729. The number of nitrogens with one attached hydrogen (secondary N) is 1. The Kier molecular flexibility index (Phi) is 2.69. The molecule has 5 nitrogen and oxygen atoms in total. The van der Waals surface area contributed by atoms with Crippen molar-refractivity contribution in [3.63, 3.8) is 0 Å². The van der Waals surface area contributed by atoms with Gasteiger partial charge in [0.15, 0.2) is 0 Å². The summed E-state index contributed by atoms with van der Waals surface area (Å²) < 4.78 is 0. The van der Waals surface area contributed by atoms with Gasteiger partial charge in [0, 0.05) is 6.54 Å². The molecule has 3 fully saturated rings. The Hall–Kier alpha value is -1.39. The Balaban J connectivity index is 1.81. The molecule has 3 aliphatic rings. The van der Waals surface area contributed by atoms with Gasteiger partial charge in [-0.3, -0.25) is 19.8 Å². The van der Waals surface area contributed by atoms with E-state index in [4.69, 9.17) is 0 Å². The van der Waals surface area contributed by atoms with E-state index in [2.05, 4.69) is 12.2 Å². The molecule has 0 unspecified atom stereocenters. The summed E-state index contributed by atoms with van der Waals surface area (Å²) in [6.45, 7) is 2.60. The molecule has 1 N–H and O–H groups in total. The van der Waals surface area contributed by atoms with Crippen LogP contribution in [0.5, 0.6) is 0 Å². The summed E-state index contributed by atoms with van der Waals surface area (Å²) in [5.74, 6) is -0.656. The lowest BCUT2D eigenvalue weighted by Gasteiger charge is -2.37. The van der Waals surface area contributed by atoms with E-state index in [9.17, 15) is 14.4 Å². The van der Waals surface area contributed by atoms with E-state index in [1.165, 1.54) is 17.7 Å². The Labute approximate surface area is 112 Å². The molecule has 0 atom stereocenters. The van der Waals surface area contributed by atoms with Crippen molar-refractivity contribution in [2.75, 3.05) is 6.54 Å². The van der Waals surface area contributed by atoms with Gasteiger partial charge in [0.05, 0.1) is 0 Å². The zero-order valence-corrected chi connectivity index (χ0v) is 11.3. The molecule has 4 amide bonds. The Morgan fingerprint density at radius 3 is 2.26 bits per heavy atom. The van der Waals surface area contributed by atoms with Gasteiger partial charge in [0.25, 0.3) is 0 Å². The van der Waals surface area contributed by atoms with Crippen LogP contribution in [0.15, 0.2) is 0 Å². The fourth-order valence-electron chi connectivity index (χ4n) is 3.53. The fraction of sp³-hybridized carbons (Fsp3) is 0.786. The predicted molar refractivity (Wildman–Crippen MR) is 68.1 cm³/mol. The molecular formula is C14H20N2O3. The first kappa shape index (κ1) is 12.6. The lowest BCUT2D eigenvalue weighted by molar-refractivity contribution is -0.145. The van der Waals surface area contributed by atoms with Crippen LogP contribution in [0.2, 0.25) is 0 Å². The number of carbonyl (C=O) groups excluding carboxylic acids is 3. The summed E-state index contributed by atoms with van der Waals surface area (Å²) in [6.07, 6.45) is 6.62. The first-order chi connectivity index (χ1) is 9.03. The SMILES string of the molecule is CCC1(CN2C(=O)NC(=O)C3(CC3)C2=O)CCCC1. The first-order valence-electron chi connectivity index (χ1n) is 7.20. The highest BCUT2D eigenvalue weighted by Crippen LogP contribution is 2.50. The van der Waals surface area contributed by atoms with Crippen molar-refractivity contribution in [1.29, 1.82) is 0 Å². The molecule has 0 bridgehead atoms. The maximum absolute atomic E-state index is 12.4. The molecule has 1 aliphatic heterocycles. The minimum atomic E-state index is -0.901. The molecule has 0 aromatic heterocycles. The van der Waals surface area contributed by atoms with Crippen molar-refractivity contribution >= 4 is 17.8 Å². The van der Waals surface area contributed by atoms with Crippen LogP contribution in [-0.4, -0.2) is 29.3 Å². The molecule has 0 aromatic carbocycles. The van der Waals surface area contributed by atoms with Crippen LogP contribution in [0.25, 0.3) is 0 Å². The van der Waals surface area contributed by atoms with Gasteiger partial charge in [-0.15, -0.1) is 0 Å². The molecule has 3 rings (SSSR count). The molecule has 19 heavy (non-hydrogen) atoms. The Morgan fingerprint density at radius 2 is 1.74 bits per heavy atom. The van der Waals surface area contributed by atoms with Gasteiger partial charge in [0.1, 0.15) is 5.41 Å². The number of urea groups is 1.